The summed E-state index contributed by atoms with van der Waals surface area (Å²) >= 11 is 0. The van der Waals surface area contributed by atoms with Gasteiger partial charge in [-0.3, -0.25) is 4.98 Å². The quantitative estimate of drug-likeness (QED) is 0.698. The molecule has 2 rings (SSSR count). The van der Waals surface area contributed by atoms with E-state index in [1.807, 2.05) is 12.4 Å². The Morgan fingerprint density at radius 1 is 1.62 bits per heavy atom. The molecule has 1 fully saturated rings. The summed E-state index contributed by atoms with van der Waals surface area (Å²) in [4.78, 5) is 4.07. The van der Waals surface area contributed by atoms with Crippen LogP contribution in [0.1, 0.15) is 17.2 Å². The highest BCUT2D eigenvalue weighted by molar-refractivity contribution is 5.25. The van der Waals surface area contributed by atoms with Crippen LogP contribution in [0.3, 0.4) is 0 Å². The average Bonchev–Trinajstić information content (AvgIpc) is 2.20. The van der Waals surface area contributed by atoms with Gasteiger partial charge in [-0.05, 0) is 24.1 Å². The van der Waals surface area contributed by atoms with Crippen molar-refractivity contribution in [3.8, 4) is 0 Å². The molecule has 13 heavy (non-hydrogen) atoms. The fraction of sp³-hybridized carbons (Fsp3) is 0.500. The maximum atomic E-state index is 5.41. The molecule has 1 N–H and O–H groups in total. The minimum absolute atomic E-state index is 0.344. The number of hydrogen-bond donors (Lipinski definition) is 1. The molecule has 0 bridgehead atoms. The van der Waals surface area contributed by atoms with Gasteiger partial charge in [0.25, 0.3) is 0 Å². The Morgan fingerprint density at radius 2 is 2.54 bits per heavy atom. The fourth-order valence-corrected chi connectivity index (χ4v) is 1.64. The molecule has 0 saturated carbocycles. The van der Waals surface area contributed by atoms with Crippen LogP contribution >= 0.6 is 0 Å². The van der Waals surface area contributed by atoms with Gasteiger partial charge in [0.15, 0.2) is 0 Å². The van der Waals surface area contributed by atoms with Crippen LogP contribution in [0, 0.1) is 6.92 Å². The molecule has 3 nitrogen and oxygen atoms in total. The van der Waals surface area contributed by atoms with E-state index in [2.05, 4.69) is 23.3 Å². The summed E-state index contributed by atoms with van der Waals surface area (Å²) in [5.41, 5.74) is 2.53. The Labute approximate surface area is 78.1 Å². The van der Waals surface area contributed by atoms with Crippen molar-refractivity contribution in [3.63, 3.8) is 0 Å². The van der Waals surface area contributed by atoms with Crippen LogP contribution in [-0.4, -0.2) is 24.7 Å². The minimum atomic E-state index is 0.344. The second kappa shape index (κ2) is 3.85. The number of rotatable bonds is 1. The number of aromatic nitrogens is 1. The lowest BCUT2D eigenvalue weighted by Crippen LogP contribution is -2.34. The molecular weight excluding hydrogens is 164 g/mol. The first-order valence-electron chi connectivity index (χ1n) is 4.59. The van der Waals surface area contributed by atoms with E-state index in [0.717, 1.165) is 19.8 Å². The third kappa shape index (κ3) is 1.87. The molecule has 3 heteroatoms. The Kier molecular flexibility index (Phi) is 2.57. The SMILES string of the molecule is Cc1cnccc1[C@H]1COCCN1. The van der Waals surface area contributed by atoms with Crippen molar-refractivity contribution in [2.45, 2.75) is 13.0 Å². The highest BCUT2D eigenvalue weighted by Gasteiger charge is 2.16. The first-order valence-corrected chi connectivity index (χ1v) is 4.59. The van der Waals surface area contributed by atoms with Crippen molar-refractivity contribution >= 4 is 0 Å². The number of nitrogens with one attached hydrogen (secondary N) is 1. The van der Waals surface area contributed by atoms with E-state index in [0.29, 0.717) is 6.04 Å². The molecule has 0 unspecified atom stereocenters. The number of pyridine rings is 1. The standard InChI is InChI=1S/C10H14N2O/c1-8-6-11-3-2-9(8)10-7-13-5-4-12-10/h2-3,6,10,12H,4-5,7H2,1H3/t10-/m1/s1. The molecule has 0 aliphatic carbocycles. The van der Waals surface area contributed by atoms with Crippen molar-refractivity contribution in [2.75, 3.05) is 19.8 Å². The molecule has 1 aliphatic rings. The Bertz CT molecular complexity index is 282. The zero-order valence-corrected chi connectivity index (χ0v) is 7.79. The minimum Gasteiger partial charge on any atom is -0.378 e. The second-order valence-electron chi connectivity index (χ2n) is 3.31. The van der Waals surface area contributed by atoms with Gasteiger partial charge < -0.3 is 10.1 Å². The predicted octanol–water partition coefficient (Wildman–Crippen LogP) is 1.05. The molecule has 0 aromatic carbocycles. The molecule has 0 spiro atoms. The first-order chi connectivity index (χ1) is 6.38. The molecule has 0 amide bonds. The Balaban J connectivity index is 2.18. The monoisotopic (exact) mass is 178 g/mol. The van der Waals surface area contributed by atoms with Gasteiger partial charge >= 0.3 is 0 Å². The van der Waals surface area contributed by atoms with Crippen LogP contribution in [0.15, 0.2) is 18.5 Å². The number of hydrogen-bond acceptors (Lipinski definition) is 3. The topological polar surface area (TPSA) is 34.1 Å². The molecule has 2 heterocycles. The highest BCUT2D eigenvalue weighted by atomic mass is 16.5. The van der Waals surface area contributed by atoms with Gasteiger partial charge in [-0.2, -0.15) is 0 Å². The maximum Gasteiger partial charge on any atom is 0.0662 e. The van der Waals surface area contributed by atoms with E-state index in [-0.39, 0.29) is 0 Å². The molecule has 70 valence electrons. The Hall–Kier alpha value is -0.930. The van der Waals surface area contributed by atoms with Crippen LogP contribution in [0.2, 0.25) is 0 Å². The van der Waals surface area contributed by atoms with Crippen LogP contribution in [-0.2, 0) is 4.74 Å². The molecule has 1 atom stereocenters. The zero-order chi connectivity index (χ0) is 9.10. The van der Waals surface area contributed by atoms with Crippen LogP contribution in [0.4, 0.5) is 0 Å². The van der Waals surface area contributed by atoms with Gasteiger partial charge in [0, 0.05) is 18.9 Å². The van der Waals surface area contributed by atoms with Crippen molar-refractivity contribution in [3.05, 3.63) is 29.6 Å². The summed E-state index contributed by atoms with van der Waals surface area (Å²) in [5.74, 6) is 0. The van der Waals surface area contributed by atoms with E-state index in [1.165, 1.54) is 11.1 Å². The first kappa shape index (κ1) is 8.66. The molecule has 0 radical (unpaired) electrons. The normalized spacial score (nSPS) is 23.0. The van der Waals surface area contributed by atoms with Gasteiger partial charge in [0.2, 0.25) is 0 Å². The number of ether oxygens (including phenoxy) is 1. The lowest BCUT2D eigenvalue weighted by atomic mass is 10.0. The van der Waals surface area contributed by atoms with Gasteiger partial charge in [-0.1, -0.05) is 0 Å². The van der Waals surface area contributed by atoms with E-state index in [9.17, 15) is 0 Å². The summed E-state index contributed by atoms with van der Waals surface area (Å²) in [6.07, 6.45) is 3.73. The lowest BCUT2D eigenvalue weighted by Gasteiger charge is -2.25. The maximum absolute atomic E-state index is 5.41. The van der Waals surface area contributed by atoms with Crippen molar-refractivity contribution in [2.24, 2.45) is 0 Å². The van der Waals surface area contributed by atoms with E-state index in [4.69, 9.17) is 4.74 Å². The van der Waals surface area contributed by atoms with Crippen molar-refractivity contribution in [1.29, 1.82) is 0 Å². The van der Waals surface area contributed by atoms with E-state index >= 15 is 0 Å². The van der Waals surface area contributed by atoms with Gasteiger partial charge in [-0.25, -0.2) is 0 Å². The van der Waals surface area contributed by atoms with E-state index in [1.54, 1.807) is 0 Å². The molecule has 1 saturated heterocycles. The van der Waals surface area contributed by atoms with Crippen molar-refractivity contribution in [1.82, 2.24) is 10.3 Å². The number of morpholine rings is 1. The third-order valence-electron chi connectivity index (χ3n) is 2.36. The largest absolute Gasteiger partial charge is 0.378 e. The number of nitrogens with zero attached hydrogens (tertiary/aromatic N) is 1. The average molecular weight is 178 g/mol. The molecule has 1 aromatic rings. The predicted molar refractivity (Wildman–Crippen MR) is 50.5 cm³/mol. The van der Waals surface area contributed by atoms with E-state index < -0.39 is 0 Å². The molecule has 1 aliphatic heterocycles. The smallest absolute Gasteiger partial charge is 0.0662 e. The van der Waals surface area contributed by atoms with Gasteiger partial charge in [0.05, 0.1) is 19.3 Å². The Morgan fingerprint density at radius 3 is 3.23 bits per heavy atom. The fourth-order valence-electron chi connectivity index (χ4n) is 1.64. The van der Waals surface area contributed by atoms with Gasteiger partial charge in [-0.15, -0.1) is 0 Å². The summed E-state index contributed by atoms with van der Waals surface area (Å²) in [6, 6.07) is 2.40. The second-order valence-corrected chi connectivity index (χ2v) is 3.31. The summed E-state index contributed by atoms with van der Waals surface area (Å²) in [6.45, 7) is 4.61. The van der Waals surface area contributed by atoms with Gasteiger partial charge in [0.1, 0.15) is 0 Å². The molecule has 1 aromatic heterocycles. The summed E-state index contributed by atoms with van der Waals surface area (Å²) in [7, 11) is 0. The van der Waals surface area contributed by atoms with Crippen molar-refractivity contribution < 1.29 is 4.74 Å². The summed E-state index contributed by atoms with van der Waals surface area (Å²) < 4.78 is 5.41. The van der Waals surface area contributed by atoms with Crippen LogP contribution in [0.5, 0.6) is 0 Å². The molecular formula is C10H14N2O. The highest BCUT2D eigenvalue weighted by Crippen LogP contribution is 2.18. The summed E-state index contributed by atoms with van der Waals surface area (Å²) in [5, 5.41) is 3.42. The lowest BCUT2D eigenvalue weighted by molar-refractivity contribution is 0.0766. The van der Waals surface area contributed by atoms with Crippen LogP contribution in [0.25, 0.3) is 0 Å². The van der Waals surface area contributed by atoms with Crippen LogP contribution < -0.4 is 5.32 Å². The number of aryl methyl sites for hydroxylation is 1. The zero-order valence-electron chi connectivity index (χ0n) is 7.79. The third-order valence-corrected chi connectivity index (χ3v) is 2.36.